The van der Waals surface area contributed by atoms with Crippen LogP contribution in [0.15, 0.2) is 53.4 Å². The second-order valence-electron chi connectivity index (χ2n) is 7.13. The topological polar surface area (TPSA) is 92.5 Å². The average Bonchev–Trinajstić information content (AvgIpc) is 3.06. The Morgan fingerprint density at radius 1 is 1.26 bits per heavy atom. The predicted molar refractivity (Wildman–Crippen MR) is 101 cm³/mol. The predicted octanol–water partition coefficient (Wildman–Crippen LogP) is 2.44. The molecule has 27 heavy (non-hydrogen) atoms. The summed E-state index contributed by atoms with van der Waals surface area (Å²) < 4.78 is 40.5. The number of amides is 1. The number of rotatable bonds is 5. The maximum Gasteiger partial charge on any atom is 0.261 e. The van der Waals surface area contributed by atoms with Crippen LogP contribution in [0.2, 0.25) is 0 Å². The Kier molecular flexibility index (Phi) is 5.21. The lowest BCUT2D eigenvalue weighted by Crippen LogP contribution is -2.34. The fraction of sp³-hybridized carbons (Fsp3) is 0.316. The number of sulfonamides is 1. The zero-order chi connectivity index (χ0) is 19.7. The quantitative estimate of drug-likeness (QED) is 0.819. The minimum Gasteiger partial charge on any atom is -0.338 e. The molecule has 1 atom stereocenters. The summed E-state index contributed by atoms with van der Waals surface area (Å²) in [4.78, 5) is 14.4. The van der Waals surface area contributed by atoms with Gasteiger partial charge in [-0.3, -0.25) is 9.52 Å². The number of likely N-dealkylation sites (tertiary alicyclic amines) is 1. The molecule has 0 spiro atoms. The van der Waals surface area contributed by atoms with Gasteiger partial charge < -0.3 is 10.6 Å². The van der Waals surface area contributed by atoms with Crippen molar-refractivity contribution in [3.8, 4) is 0 Å². The van der Waals surface area contributed by atoms with Gasteiger partial charge in [0.05, 0.1) is 4.90 Å². The van der Waals surface area contributed by atoms with Gasteiger partial charge in [-0.15, -0.1) is 0 Å². The van der Waals surface area contributed by atoms with E-state index in [0.29, 0.717) is 25.2 Å². The van der Waals surface area contributed by atoms with Crippen LogP contribution in [-0.4, -0.2) is 38.9 Å². The van der Waals surface area contributed by atoms with E-state index in [1.54, 1.807) is 11.0 Å². The van der Waals surface area contributed by atoms with E-state index in [0.717, 1.165) is 6.42 Å². The summed E-state index contributed by atoms with van der Waals surface area (Å²) in [5.74, 6) is -0.674. The SMILES string of the molecule is CC1(CN)CCN(C(=O)c2cccc(S(=O)(=O)Nc3ccc(F)cc3)c2)C1. The first-order valence-corrected chi connectivity index (χ1v) is 10.1. The Labute approximate surface area is 158 Å². The first kappa shape index (κ1) is 19.3. The van der Waals surface area contributed by atoms with Gasteiger partial charge in [0.2, 0.25) is 0 Å². The number of hydrogen-bond donors (Lipinski definition) is 2. The minimum atomic E-state index is -3.90. The van der Waals surface area contributed by atoms with E-state index in [2.05, 4.69) is 4.72 Å². The third-order valence-electron chi connectivity index (χ3n) is 4.83. The van der Waals surface area contributed by atoms with E-state index in [4.69, 9.17) is 5.73 Å². The van der Waals surface area contributed by atoms with Crippen molar-refractivity contribution in [3.63, 3.8) is 0 Å². The number of carbonyl (C=O) groups is 1. The molecular formula is C19H22FN3O3S. The maximum absolute atomic E-state index is 13.0. The zero-order valence-electron chi connectivity index (χ0n) is 15.0. The molecule has 0 radical (unpaired) electrons. The molecule has 1 heterocycles. The number of hydrogen-bond acceptors (Lipinski definition) is 4. The van der Waals surface area contributed by atoms with Gasteiger partial charge in [0.25, 0.3) is 15.9 Å². The molecule has 1 saturated heterocycles. The summed E-state index contributed by atoms with van der Waals surface area (Å²) in [6, 6.07) is 10.9. The van der Waals surface area contributed by atoms with Crippen LogP contribution in [0.3, 0.4) is 0 Å². The smallest absolute Gasteiger partial charge is 0.261 e. The molecule has 0 aliphatic carbocycles. The van der Waals surface area contributed by atoms with Crippen LogP contribution in [0.4, 0.5) is 10.1 Å². The van der Waals surface area contributed by atoms with E-state index in [-0.39, 0.29) is 21.9 Å². The first-order chi connectivity index (χ1) is 12.7. The van der Waals surface area contributed by atoms with Gasteiger partial charge in [-0.05, 0) is 60.8 Å². The summed E-state index contributed by atoms with van der Waals surface area (Å²) in [7, 11) is -3.90. The third kappa shape index (κ3) is 4.28. The number of halogens is 1. The maximum atomic E-state index is 13.0. The molecule has 3 rings (SSSR count). The fourth-order valence-electron chi connectivity index (χ4n) is 3.07. The molecule has 2 aromatic carbocycles. The highest BCUT2D eigenvalue weighted by atomic mass is 32.2. The van der Waals surface area contributed by atoms with E-state index >= 15 is 0 Å². The number of benzene rings is 2. The van der Waals surface area contributed by atoms with Crippen molar-refractivity contribution in [2.45, 2.75) is 18.2 Å². The summed E-state index contributed by atoms with van der Waals surface area (Å²) >= 11 is 0. The average molecular weight is 391 g/mol. The molecule has 8 heteroatoms. The standard InChI is InChI=1S/C19H22FN3O3S/c1-19(12-21)9-10-23(13-19)18(24)14-3-2-4-17(11-14)27(25,26)22-16-7-5-15(20)6-8-16/h2-8,11,22H,9-10,12-13,21H2,1H3. The number of nitrogens with one attached hydrogen (secondary N) is 1. The van der Waals surface area contributed by atoms with Gasteiger partial charge in [-0.25, -0.2) is 12.8 Å². The summed E-state index contributed by atoms with van der Waals surface area (Å²) in [5, 5.41) is 0. The van der Waals surface area contributed by atoms with Gasteiger partial charge in [-0.1, -0.05) is 13.0 Å². The number of nitrogens with zero attached hydrogens (tertiary/aromatic N) is 1. The largest absolute Gasteiger partial charge is 0.338 e. The van der Waals surface area contributed by atoms with Crippen LogP contribution >= 0.6 is 0 Å². The number of nitrogens with two attached hydrogens (primary N) is 1. The lowest BCUT2D eigenvalue weighted by atomic mass is 9.90. The molecule has 1 aliphatic rings. The molecule has 0 aromatic heterocycles. The van der Waals surface area contributed by atoms with E-state index in [9.17, 15) is 17.6 Å². The highest BCUT2D eigenvalue weighted by molar-refractivity contribution is 7.92. The third-order valence-corrected chi connectivity index (χ3v) is 6.20. The van der Waals surface area contributed by atoms with Gasteiger partial charge in [0.1, 0.15) is 5.82 Å². The van der Waals surface area contributed by atoms with Gasteiger partial charge >= 0.3 is 0 Å². The van der Waals surface area contributed by atoms with Crippen LogP contribution in [0, 0.1) is 11.2 Å². The monoisotopic (exact) mass is 391 g/mol. The molecule has 1 unspecified atom stereocenters. The molecule has 1 amide bonds. The first-order valence-electron chi connectivity index (χ1n) is 8.60. The molecule has 2 aromatic rings. The second-order valence-corrected chi connectivity index (χ2v) is 8.81. The van der Waals surface area contributed by atoms with Crippen molar-refractivity contribution in [1.82, 2.24) is 4.90 Å². The summed E-state index contributed by atoms with van der Waals surface area (Å²) in [6.45, 7) is 3.67. The molecule has 1 aliphatic heterocycles. The molecule has 0 saturated carbocycles. The highest BCUT2D eigenvalue weighted by Crippen LogP contribution is 2.29. The highest BCUT2D eigenvalue weighted by Gasteiger charge is 2.35. The molecule has 0 bridgehead atoms. The Morgan fingerprint density at radius 2 is 1.96 bits per heavy atom. The molecule has 3 N–H and O–H groups in total. The molecule has 144 valence electrons. The van der Waals surface area contributed by atoms with Crippen LogP contribution in [0.25, 0.3) is 0 Å². The van der Waals surface area contributed by atoms with Crippen molar-refractivity contribution in [2.24, 2.45) is 11.1 Å². The molecular weight excluding hydrogens is 369 g/mol. The van der Waals surface area contributed by atoms with E-state index in [1.165, 1.54) is 42.5 Å². The van der Waals surface area contributed by atoms with Crippen molar-refractivity contribution in [1.29, 1.82) is 0 Å². The second kappa shape index (κ2) is 7.28. The lowest BCUT2D eigenvalue weighted by molar-refractivity contribution is 0.0776. The summed E-state index contributed by atoms with van der Waals surface area (Å²) in [6.07, 6.45) is 0.819. The van der Waals surface area contributed by atoms with Crippen molar-refractivity contribution in [2.75, 3.05) is 24.4 Å². The Balaban J connectivity index is 1.80. The normalized spacial score (nSPS) is 19.9. The van der Waals surface area contributed by atoms with Crippen LogP contribution in [0.1, 0.15) is 23.7 Å². The van der Waals surface area contributed by atoms with Crippen molar-refractivity contribution in [3.05, 3.63) is 59.9 Å². The van der Waals surface area contributed by atoms with Gasteiger partial charge in [0.15, 0.2) is 0 Å². The Hall–Kier alpha value is -2.45. The van der Waals surface area contributed by atoms with Crippen LogP contribution in [0.5, 0.6) is 0 Å². The van der Waals surface area contributed by atoms with Crippen LogP contribution in [-0.2, 0) is 10.0 Å². The molecule has 1 fully saturated rings. The van der Waals surface area contributed by atoms with Gasteiger partial charge in [0, 0.05) is 24.3 Å². The van der Waals surface area contributed by atoms with Crippen molar-refractivity contribution >= 4 is 21.6 Å². The fourth-order valence-corrected chi connectivity index (χ4v) is 4.18. The minimum absolute atomic E-state index is 0.0292. The molecule has 6 nitrogen and oxygen atoms in total. The van der Waals surface area contributed by atoms with Crippen LogP contribution < -0.4 is 10.5 Å². The number of carbonyl (C=O) groups excluding carboxylic acids is 1. The van der Waals surface area contributed by atoms with E-state index in [1.807, 2.05) is 6.92 Å². The lowest BCUT2D eigenvalue weighted by Gasteiger charge is -2.22. The number of anilines is 1. The zero-order valence-corrected chi connectivity index (χ0v) is 15.8. The Bertz CT molecular complexity index is 947. The van der Waals surface area contributed by atoms with Gasteiger partial charge in [-0.2, -0.15) is 0 Å². The Morgan fingerprint density at radius 3 is 2.59 bits per heavy atom. The van der Waals surface area contributed by atoms with Crippen molar-refractivity contribution < 1.29 is 17.6 Å². The van der Waals surface area contributed by atoms with E-state index < -0.39 is 15.8 Å². The summed E-state index contributed by atoms with van der Waals surface area (Å²) in [5.41, 5.74) is 6.22.